The van der Waals surface area contributed by atoms with Crippen molar-refractivity contribution in [2.75, 3.05) is 12.8 Å². The van der Waals surface area contributed by atoms with E-state index < -0.39 is 0 Å². The first-order chi connectivity index (χ1) is 10.1. The molecule has 6 nitrogen and oxygen atoms in total. The average molecular weight is 400 g/mol. The highest BCUT2D eigenvalue weighted by Gasteiger charge is 2.30. The molecule has 0 atom stereocenters. The number of nitrogens with zero attached hydrogens (tertiary/aromatic N) is 3. The Morgan fingerprint density at radius 2 is 2.14 bits per heavy atom. The van der Waals surface area contributed by atoms with Crippen LogP contribution in [-0.4, -0.2) is 27.4 Å². The van der Waals surface area contributed by atoms with E-state index in [1.54, 1.807) is 6.20 Å². The van der Waals surface area contributed by atoms with Gasteiger partial charge in [0.05, 0.1) is 13.0 Å². The Bertz CT molecular complexity index is 677. The smallest absolute Gasteiger partial charge is 0.308 e. The second-order valence-electron chi connectivity index (χ2n) is 5.36. The number of fused-ring (bicyclic) bond motifs is 1. The Hall–Kier alpha value is -1.38. The molecule has 7 heteroatoms. The molecule has 2 aromatic heterocycles. The molecule has 1 aliphatic carbocycles. The number of rotatable bonds is 2. The molecule has 0 spiro atoms. The molecule has 2 aromatic rings. The van der Waals surface area contributed by atoms with Crippen LogP contribution >= 0.6 is 22.6 Å². The van der Waals surface area contributed by atoms with Gasteiger partial charge >= 0.3 is 5.97 Å². The van der Waals surface area contributed by atoms with Crippen molar-refractivity contribution in [3.05, 3.63) is 21.9 Å². The number of methoxy groups -OCH3 is 1. The summed E-state index contributed by atoms with van der Waals surface area (Å²) in [7, 11) is 1.45. The van der Waals surface area contributed by atoms with Crippen LogP contribution < -0.4 is 5.73 Å². The highest BCUT2D eigenvalue weighted by Crippen LogP contribution is 2.37. The lowest BCUT2D eigenvalue weighted by atomic mass is 9.81. The SMILES string of the molecule is COC(=O)[C@H]1CC[C@H](c2nc(I)c3c(N)nccn32)CC1. The van der Waals surface area contributed by atoms with Gasteiger partial charge in [0.15, 0.2) is 5.82 Å². The van der Waals surface area contributed by atoms with Crippen LogP contribution in [0.1, 0.15) is 37.4 Å². The second-order valence-corrected chi connectivity index (χ2v) is 6.39. The van der Waals surface area contributed by atoms with E-state index in [-0.39, 0.29) is 11.9 Å². The van der Waals surface area contributed by atoms with Gasteiger partial charge in [0.1, 0.15) is 15.0 Å². The van der Waals surface area contributed by atoms with Crippen molar-refractivity contribution in [3.8, 4) is 0 Å². The summed E-state index contributed by atoms with van der Waals surface area (Å²) in [6.07, 6.45) is 7.19. The number of halogens is 1. The van der Waals surface area contributed by atoms with Gasteiger partial charge in [-0.2, -0.15) is 0 Å². The number of anilines is 1. The lowest BCUT2D eigenvalue weighted by molar-refractivity contribution is -0.146. The molecule has 0 radical (unpaired) electrons. The molecule has 1 saturated carbocycles. The summed E-state index contributed by atoms with van der Waals surface area (Å²) in [6, 6.07) is 0. The van der Waals surface area contributed by atoms with E-state index in [0.717, 1.165) is 40.7 Å². The molecule has 21 heavy (non-hydrogen) atoms. The highest BCUT2D eigenvalue weighted by atomic mass is 127. The van der Waals surface area contributed by atoms with Gasteiger partial charge in [-0.25, -0.2) is 9.97 Å². The molecule has 2 heterocycles. The van der Waals surface area contributed by atoms with E-state index in [0.29, 0.717) is 11.7 Å². The van der Waals surface area contributed by atoms with Crippen LogP contribution in [0.5, 0.6) is 0 Å². The van der Waals surface area contributed by atoms with Crippen LogP contribution in [-0.2, 0) is 9.53 Å². The van der Waals surface area contributed by atoms with Crippen LogP contribution in [0.15, 0.2) is 12.4 Å². The Kier molecular flexibility index (Phi) is 4.01. The predicted octanol–water partition coefficient (Wildman–Crippen LogP) is 2.36. The second kappa shape index (κ2) is 5.78. The van der Waals surface area contributed by atoms with Gasteiger partial charge in [-0.05, 0) is 48.3 Å². The minimum absolute atomic E-state index is 0.0308. The quantitative estimate of drug-likeness (QED) is 0.618. The van der Waals surface area contributed by atoms with E-state index in [9.17, 15) is 4.79 Å². The number of imidazole rings is 1. The van der Waals surface area contributed by atoms with Gasteiger partial charge in [0.25, 0.3) is 0 Å². The van der Waals surface area contributed by atoms with Crippen molar-refractivity contribution in [1.29, 1.82) is 0 Å². The zero-order chi connectivity index (χ0) is 15.0. The number of nitrogens with two attached hydrogens (primary N) is 1. The monoisotopic (exact) mass is 400 g/mol. The van der Waals surface area contributed by atoms with Crippen LogP contribution in [0.3, 0.4) is 0 Å². The van der Waals surface area contributed by atoms with Crippen molar-refractivity contribution >= 4 is 39.9 Å². The first-order valence-corrected chi connectivity index (χ1v) is 8.05. The van der Waals surface area contributed by atoms with Crippen molar-refractivity contribution in [2.24, 2.45) is 5.92 Å². The number of hydrogen-bond acceptors (Lipinski definition) is 5. The third-order valence-corrected chi connectivity index (χ3v) is 4.95. The third kappa shape index (κ3) is 2.58. The molecular formula is C14H17IN4O2. The van der Waals surface area contributed by atoms with E-state index in [2.05, 4.69) is 32.6 Å². The fraction of sp³-hybridized carbons (Fsp3) is 0.500. The molecule has 0 bridgehead atoms. The standard InChI is InChI=1S/C14H17IN4O2/c1-21-14(20)9-4-2-8(3-5-9)13-18-11(15)10-12(16)17-6-7-19(10)13/h6-9H,2-5H2,1H3,(H2,16,17)/t8-,9-. The molecule has 1 fully saturated rings. The molecule has 2 N–H and O–H groups in total. The van der Waals surface area contributed by atoms with Crippen LogP contribution in [0.2, 0.25) is 0 Å². The van der Waals surface area contributed by atoms with Gasteiger partial charge in [-0.15, -0.1) is 0 Å². The predicted molar refractivity (Wildman–Crippen MR) is 86.8 cm³/mol. The molecule has 0 aliphatic heterocycles. The zero-order valence-corrected chi connectivity index (χ0v) is 13.9. The third-order valence-electron chi connectivity index (χ3n) is 4.19. The molecule has 0 unspecified atom stereocenters. The maximum atomic E-state index is 11.6. The van der Waals surface area contributed by atoms with Gasteiger partial charge in [-0.3, -0.25) is 9.20 Å². The van der Waals surface area contributed by atoms with Gasteiger partial charge in [-0.1, -0.05) is 0 Å². The number of hydrogen-bond donors (Lipinski definition) is 1. The number of carbonyl (C=O) groups excluding carboxylic acids is 1. The number of esters is 1. The zero-order valence-electron chi connectivity index (χ0n) is 11.8. The van der Waals surface area contributed by atoms with Crippen LogP contribution in [0, 0.1) is 9.62 Å². The Morgan fingerprint density at radius 1 is 1.43 bits per heavy atom. The summed E-state index contributed by atoms with van der Waals surface area (Å²) >= 11 is 2.20. The topological polar surface area (TPSA) is 82.5 Å². The molecule has 0 amide bonds. The van der Waals surface area contributed by atoms with Crippen LogP contribution in [0.25, 0.3) is 5.52 Å². The van der Waals surface area contributed by atoms with E-state index in [1.165, 1.54) is 7.11 Å². The minimum atomic E-state index is -0.0931. The normalized spacial score (nSPS) is 22.4. The Morgan fingerprint density at radius 3 is 2.81 bits per heavy atom. The summed E-state index contributed by atoms with van der Waals surface area (Å²) in [5.74, 6) is 1.81. The fourth-order valence-electron chi connectivity index (χ4n) is 3.08. The van der Waals surface area contributed by atoms with E-state index in [1.807, 2.05) is 10.6 Å². The fourth-order valence-corrected chi connectivity index (χ4v) is 3.87. The summed E-state index contributed by atoms with van der Waals surface area (Å²) < 4.78 is 7.75. The number of aromatic nitrogens is 3. The maximum absolute atomic E-state index is 11.6. The number of nitrogen functional groups attached to an aromatic ring is 1. The molecule has 1 aliphatic rings. The van der Waals surface area contributed by atoms with Crippen molar-refractivity contribution in [1.82, 2.24) is 14.4 Å². The summed E-state index contributed by atoms with van der Waals surface area (Å²) in [5.41, 5.74) is 6.82. The first-order valence-electron chi connectivity index (χ1n) is 6.97. The number of carbonyl (C=O) groups is 1. The summed E-state index contributed by atoms with van der Waals surface area (Å²) in [5, 5.41) is 0. The van der Waals surface area contributed by atoms with Gasteiger partial charge in [0.2, 0.25) is 0 Å². The number of ether oxygens (including phenoxy) is 1. The van der Waals surface area contributed by atoms with E-state index in [4.69, 9.17) is 10.5 Å². The lowest BCUT2D eigenvalue weighted by Gasteiger charge is -2.26. The lowest BCUT2D eigenvalue weighted by Crippen LogP contribution is -2.23. The minimum Gasteiger partial charge on any atom is -0.469 e. The summed E-state index contributed by atoms with van der Waals surface area (Å²) in [4.78, 5) is 20.4. The summed E-state index contributed by atoms with van der Waals surface area (Å²) in [6.45, 7) is 0. The van der Waals surface area contributed by atoms with Gasteiger partial charge in [0, 0.05) is 18.3 Å². The van der Waals surface area contributed by atoms with Gasteiger partial charge < -0.3 is 10.5 Å². The van der Waals surface area contributed by atoms with Crippen molar-refractivity contribution in [2.45, 2.75) is 31.6 Å². The van der Waals surface area contributed by atoms with Crippen molar-refractivity contribution in [3.63, 3.8) is 0 Å². The highest BCUT2D eigenvalue weighted by molar-refractivity contribution is 14.1. The molecule has 3 rings (SSSR count). The first kappa shape index (κ1) is 14.6. The van der Waals surface area contributed by atoms with Crippen molar-refractivity contribution < 1.29 is 9.53 Å². The largest absolute Gasteiger partial charge is 0.469 e. The molecular weight excluding hydrogens is 383 g/mol. The van der Waals surface area contributed by atoms with E-state index >= 15 is 0 Å². The average Bonchev–Trinajstić information content (AvgIpc) is 2.85. The molecule has 0 saturated heterocycles. The van der Waals surface area contributed by atoms with Crippen LogP contribution in [0.4, 0.5) is 5.82 Å². The Balaban J connectivity index is 1.86. The maximum Gasteiger partial charge on any atom is 0.308 e. The molecule has 0 aromatic carbocycles. The Labute approximate surface area is 136 Å². The molecule has 112 valence electrons.